The van der Waals surface area contributed by atoms with Crippen LogP contribution in [0.5, 0.6) is 5.75 Å². The fourth-order valence-corrected chi connectivity index (χ4v) is 1.80. The number of nitrogen functional groups attached to an aromatic ring is 1. The van der Waals surface area contributed by atoms with Gasteiger partial charge in [0.1, 0.15) is 5.75 Å². The topological polar surface area (TPSA) is 78.6 Å². The van der Waals surface area contributed by atoms with E-state index in [-0.39, 0.29) is 11.0 Å². The summed E-state index contributed by atoms with van der Waals surface area (Å²) < 4.78 is 32.6. The number of hydrogen-bond acceptors (Lipinski definition) is 5. The Kier molecular flexibility index (Phi) is 3.77. The zero-order valence-corrected chi connectivity index (χ0v) is 10.2. The lowest BCUT2D eigenvalue weighted by Gasteiger charge is -2.13. The third-order valence-electron chi connectivity index (χ3n) is 1.86. The van der Waals surface area contributed by atoms with E-state index < -0.39 is 10.1 Å². The molecule has 16 heavy (non-hydrogen) atoms. The van der Waals surface area contributed by atoms with Crippen LogP contribution in [0, 0.1) is 0 Å². The minimum atomic E-state index is -3.71. The fraction of sp³-hybridized carbons (Fsp3) is 0.400. The normalized spacial score (nSPS) is 11.8. The van der Waals surface area contributed by atoms with E-state index in [1.54, 1.807) is 0 Å². The lowest BCUT2D eigenvalue weighted by Crippen LogP contribution is -2.09. The summed E-state index contributed by atoms with van der Waals surface area (Å²) in [5.41, 5.74) is 6.05. The molecule has 0 atom stereocenters. The Morgan fingerprint density at radius 2 is 1.94 bits per heavy atom. The van der Waals surface area contributed by atoms with Crippen molar-refractivity contribution < 1.29 is 17.3 Å². The summed E-state index contributed by atoms with van der Waals surface area (Å²) in [6, 6.07) is 4.21. The van der Waals surface area contributed by atoms with Crippen LogP contribution < -0.4 is 10.5 Å². The molecule has 0 aliphatic carbocycles. The van der Waals surface area contributed by atoms with Crippen LogP contribution in [0.25, 0.3) is 0 Å². The summed E-state index contributed by atoms with van der Waals surface area (Å²) in [5, 5.41) is 0. The molecule has 1 aromatic carbocycles. The number of anilines is 1. The molecule has 0 radical (unpaired) electrons. The molecule has 90 valence electrons. The van der Waals surface area contributed by atoms with E-state index in [0.29, 0.717) is 11.4 Å². The Labute approximate surface area is 95.3 Å². The summed E-state index contributed by atoms with van der Waals surface area (Å²) in [6.07, 6.45) is -0.0807. The molecular weight excluding hydrogens is 230 g/mol. The molecule has 0 saturated heterocycles. The molecule has 5 nitrogen and oxygen atoms in total. The molecule has 0 aromatic heterocycles. The molecule has 0 unspecified atom stereocenters. The van der Waals surface area contributed by atoms with Gasteiger partial charge in [0, 0.05) is 6.07 Å². The van der Waals surface area contributed by atoms with Crippen molar-refractivity contribution in [3.05, 3.63) is 18.2 Å². The van der Waals surface area contributed by atoms with E-state index in [4.69, 9.17) is 10.5 Å². The highest BCUT2D eigenvalue weighted by Crippen LogP contribution is 2.26. The lowest BCUT2D eigenvalue weighted by atomic mass is 10.3. The highest BCUT2D eigenvalue weighted by atomic mass is 32.2. The Morgan fingerprint density at radius 1 is 1.31 bits per heavy atom. The standard InChI is InChI=1S/C10H15NO4S/c1-7(2)15-10-6-8(4-5-9(10)11)16(12,13)14-3/h4-7H,11H2,1-3H3. The first-order valence-electron chi connectivity index (χ1n) is 4.73. The molecule has 0 heterocycles. The monoisotopic (exact) mass is 245 g/mol. The quantitative estimate of drug-likeness (QED) is 0.640. The van der Waals surface area contributed by atoms with Crippen LogP contribution in [0.4, 0.5) is 5.69 Å². The minimum Gasteiger partial charge on any atom is -0.489 e. The van der Waals surface area contributed by atoms with Crippen LogP contribution in [0.3, 0.4) is 0 Å². The Morgan fingerprint density at radius 3 is 2.44 bits per heavy atom. The van der Waals surface area contributed by atoms with Crippen LogP contribution in [0.2, 0.25) is 0 Å². The Balaban J connectivity index is 3.17. The highest BCUT2D eigenvalue weighted by Gasteiger charge is 2.15. The zero-order chi connectivity index (χ0) is 12.3. The van der Waals surface area contributed by atoms with E-state index in [1.807, 2.05) is 13.8 Å². The number of ether oxygens (including phenoxy) is 1. The predicted molar refractivity (Wildman–Crippen MR) is 60.8 cm³/mol. The van der Waals surface area contributed by atoms with E-state index in [0.717, 1.165) is 7.11 Å². The van der Waals surface area contributed by atoms with E-state index in [9.17, 15) is 8.42 Å². The first kappa shape index (κ1) is 12.8. The fourth-order valence-electron chi connectivity index (χ4n) is 1.12. The molecule has 1 aromatic rings. The van der Waals surface area contributed by atoms with Gasteiger partial charge in [-0.15, -0.1) is 0 Å². The van der Waals surface area contributed by atoms with Crippen LogP contribution >= 0.6 is 0 Å². The summed E-state index contributed by atoms with van der Waals surface area (Å²) in [6.45, 7) is 3.66. The minimum absolute atomic E-state index is 0.0276. The second-order valence-corrected chi connectivity index (χ2v) is 5.20. The van der Waals surface area contributed by atoms with Gasteiger partial charge in [0.25, 0.3) is 10.1 Å². The van der Waals surface area contributed by atoms with Gasteiger partial charge >= 0.3 is 0 Å². The summed E-state index contributed by atoms with van der Waals surface area (Å²) in [4.78, 5) is 0.0276. The number of hydrogen-bond donors (Lipinski definition) is 1. The van der Waals surface area contributed by atoms with Crippen LogP contribution in [-0.2, 0) is 14.3 Å². The second kappa shape index (κ2) is 4.71. The number of nitrogens with two attached hydrogens (primary N) is 1. The van der Waals surface area contributed by atoms with Crippen LogP contribution in [-0.4, -0.2) is 21.6 Å². The smallest absolute Gasteiger partial charge is 0.296 e. The molecule has 1 rings (SSSR count). The second-order valence-electron chi connectivity index (χ2n) is 3.49. The Bertz CT molecular complexity index is 468. The molecule has 0 saturated carbocycles. The van der Waals surface area contributed by atoms with Gasteiger partial charge in [-0.1, -0.05) is 0 Å². The van der Waals surface area contributed by atoms with Crippen molar-refractivity contribution in [1.29, 1.82) is 0 Å². The predicted octanol–water partition coefficient (Wildman–Crippen LogP) is 1.39. The maximum absolute atomic E-state index is 11.4. The summed E-state index contributed by atoms with van der Waals surface area (Å²) in [5.74, 6) is 0.341. The van der Waals surface area contributed by atoms with Crippen molar-refractivity contribution in [3.63, 3.8) is 0 Å². The van der Waals surface area contributed by atoms with Gasteiger partial charge in [-0.2, -0.15) is 8.42 Å². The van der Waals surface area contributed by atoms with Gasteiger partial charge in [0.15, 0.2) is 0 Å². The van der Waals surface area contributed by atoms with Crippen molar-refractivity contribution in [2.24, 2.45) is 0 Å². The molecule has 0 spiro atoms. The third-order valence-corrected chi connectivity index (χ3v) is 3.13. The van der Waals surface area contributed by atoms with Gasteiger partial charge in [0.05, 0.1) is 23.8 Å². The van der Waals surface area contributed by atoms with Crippen molar-refractivity contribution in [2.75, 3.05) is 12.8 Å². The van der Waals surface area contributed by atoms with Crippen molar-refractivity contribution in [1.82, 2.24) is 0 Å². The average molecular weight is 245 g/mol. The Hall–Kier alpha value is -1.27. The van der Waals surface area contributed by atoms with E-state index in [1.165, 1.54) is 18.2 Å². The number of rotatable bonds is 4. The molecule has 0 amide bonds. The zero-order valence-electron chi connectivity index (χ0n) is 9.43. The molecule has 0 aliphatic heterocycles. The van der Waals surface area contributed by atoms with Gasteiger partial charge in [-0.05, 0) is 26.0 Å². The van der Waals surface area contributed by atoms with Crippen molar-refractivity contribution in [2.45, 2.75) is 24.8 Å². The third kappa shape index (κ3) is 2.86. The van der Waals surface area contributed by atoms with Gasteiger partial charge < -0.3 is 10.5 Å². The largest absolute Gasteiger partial charge is 0.489 e. The van der Waals surface area contributed by atoms with E-state index >= 15 is 0 Å². The van der Waals surface area contributed by atoms with Crippen molar-refractivity contribution in [3.8, 4) is 5.75 Å². The van der Waals surface area contributed by atoms with Gasteiger partial charge in [0.2, 0.25) is 0 Å². The average Bonchev–Trinajstić information content (AvgIpc) is 2.20. The molecular formula is C10H15NO4S. The summed E-state index contributed by atoms with van der Waals surface area (Å²) >= 11 is 0. The van der Waals surface area contributed by atoms with E-state index in [2.05, 4.69) is 4.18 Å². The van der Waals surface area contributed by atoms with Gasteiger partial charge in [-0.25, -0.2) is 0 Å². The first-order valence-corrected chi connectivity index (χ1v) is 6.14. The van der Waals surface area contributed by atoms with Gasteiger partial charge in [-0.3, -0.25) is 4.18 Å². The van der Waals surface area contributed by atoms with Crippen LogP contribution in [0.1, 0.15) is 13.8 Å². The van der Waals surface area contributed by atoms with Crippen molar-refractivity contribution >= 4 is 15.8 Å². The summed E-state index contributed by atoms with van der Waals surface area (Å²) in [7, 11) is -2.60. The SMILES string of the molecule is COS(=O)(=O)c1ccc(N)c(OC(C)C)c1. The molecule has 2 N–H and O–H groups in total. The molecule has 0 fully saturated rings. The van der Waals surface area contributed by atoms with Crippen LogP contribution in [0.15, 0.2) is 23.1 Å². The lowest BCUT2D eigenvalue weighted by molar-refractivity contribution is 0.243. The molecule has 0 aliphatic rings. The first-order chi connectivity index (χ1) is 7.36. The number of benzene rings is 1. The molecule has 6 heteroatoms. The maximum Gasteiger partial charge on any atom is 0.296 e. The highest BCUT2D eigenvalue weighted by molar-refractivity contribution is 7.86. The maximum atomic E-state index is 11.4. The molecule has 0 bridgehead atoms.